The van der Waals surface area contributed by atoms with Crippen LogP contribution in [0, 0.1) is 0 Å². The fourth-order valence-corrected chi connectivity index (χ4v) is 6.26. The second-order valence-electron chi connectivity index (χ2n) is 7.82. The molecule has 0 amide bonds. The van der Waals surface area contributed by atoms with Crippen LogP contribution in [0.3, 0.4) is 0 Å². The van der Waals surface area contributed by atoms with Crippen molar-refractivity contribution >= 4 is 45.1 Å². The molecule has 0 N–H and O–H groups in total. The zero-order valence-electron chi connectivity index (χ0n) is 17.6. The van der Waals surface area contributed by atoms with E-state index in [0.29, 0.717) is 29.8 Å². The lowest BCUT2D eigenvalue weighted by atomic mass is 10.2. The van der Waals surface area contributed by atoms with Crippen LogP contribution in [0.15, 0.2) is 68.6 Å². The summed E-state index contributed by atoms with van der Waals surface area (Å²) in [6.07, 6.45) is 2.30. The quantitative estimate of drug-likeness (QED) is 0.239. The molecule has 3 aromatic heterocycles. The van der Waals surface area contributed by atoms with Gasteiger partial charge in [-0.1, -0.05) is 71.1 Å². The smallest absolute Gasteiger partial charge is 0.229 e. The molecule has 1 saturated carbocycles. The Morgan fingerprint density at radius 3 is 2.64 bits per heavy atom. The molecule has 0 aliphatic heterocycles. The summed E-state index contributed by atoms with van der Waals surface area (Å²) in [4.78, 5) is 9.28. The van der Waals surface area contributed by atoms with Crippen molar-refractivity contribution in [2.24, 2.45) is 0 Å². The summed E-state index contributed by atoms with van der Waals surface area (Å²) in [5.41, 5.74) is 2.25. The van der Waals surface area contributed by atoms with Gasteiger partial charge in [-0.05, 0) is 30.5 Å². The molecule has 10 heteroatoms. The zero-order valence-corrected chi connectivity index (χ0v) is 20.1. The van der Waals surface area contributed by atoms with E-state index in [0.717, 1.165) is 39.6 Å². The van der Waals surface area contributed by atoms with Crippen LogP contribution in [0.5, 0.6) is 0 Å². The van der Waals surface area contributed by atoms with Gasteiger partial charge in [0, 0.05) is 5.92 Å². The maximum absolute atomic E-state index is 5.39. The van der Waals surface area contributed by atoms with Gasteiger partial charge in [0.05, 0.1) is 28.3 Å². The van der Waals surface area contributed by atoms with E-state index in [9.17, 15) is 0 Å². The molecule has 1 aliphatic carbocycles. The lowest BCUT2D eigenvalue weighted by Crippen LogP contribution is -2.06. The van der Waals surface area contributed by atoms with Crippen LogP contribution in [-0.4, -0.2) is 29.9 Å². The normalized spacial score (nSPS) is 13.7. The molecule has 7 nitrogen and oxygen atoms in total. The highest BCUT2D eigenvalue weighted by molar-refractivity contribution is 8.00. The van der Waals surface area contributed by atoms with E-state index in [1.807, 2.05) is 18.2 Å². The number of fused-ring (bicyclic) bond motifs is 1. The summed E-state index contributed by atoms with van der Waals surface area (Å²) in [6, 6.07) is 18.6. The molecule has 2 aromatic carbocycles. The molecule has 0 bridgehead atoms. The first-order valence-corrected chi connectivity index (χ1v) is 13.5. The summed E-state index contributed by atoms with van der Waals surface area (Å²) in [6.45, 7) is 0.714. The van der Waals surface area contributed by atoms with Gasteiger partial charge in [0.15, 0.2) is 15.3 Å². The van der Waals surface area contributed by atoms with Crippen LogP contribution in [0.4, 0.5) is 0 Å². The van der Waals surface area contributed by atoms with Gasteiger partial charge < -0.3 is 9.09 Å². The van der Waals surface area contributed by atoms with Crippen molar-refractivity contribution in [3.8, 4) is 0 Å². The number of para-hydroxylation sites is 1. The van der Waals surface area contributed by atoms with E-state index in [2.05, 4.69) is 61.3 Å². The molecule has 3 heterocycles. The standard InChI is InChI=1S/C23H20N6OS3/c1-2-6-15(7-3-1)12-29-20(14-32-23-24-17-8-4-5-9-18(17)33-23)26-27-22(29)31-13-19-25-21(30-28-19)16-10-11-16/h1-9,16H,10-14H2. The summed E-state index contributed by atoms with van der Waals surface area (Å²) in [5, 5.41) is 14.0. The second-order valence-corrected chi connectivity index (χ2v) is 11.0. The first kappa shape index (κ1) is 20.9. The molecule has 0 saturated heterocycles. The van der Waals surface area contributed by atoms with E-state index in [4.69, 9.17) is 9.51 Å². The number of benzene rings is 2. The fraction of sp³-hybridized carbons (Fsp3) is 0.261. The van der Waals surface area contributed by atoms with Crippen LogP contribution in [0.2, 0.25) is 0 Å². The zero-order chi connectivity index (χ0) is 22.0. The fourth-order valence-electron chi connectivity index (χ4n) is 3.45. The van der Waals surface area contributed by atoms with Crippen LogP contribution >= 0.6 is 34.9 Å². The van der Waals surface area contributed by atoms with E-state index < -0.39 is 0 Å². The monoisotopic (exact) mass is 492 g/mol. The van der Waals surface area contributed by atoms with E-state index >= 15 is 0 Å². The Bertz CT molecular complexity index is 1340. The highest BCUT2D eigenvalue weighted by atomic mass is 32.2. The second kappa shape index (κ2) is 9.28. The predicted octanol–water partition coefficient (Wildman–Crippen LogP) is 5.78. The molecule has 1 aliphatic rings. The van der Waals surface area contributed by atoms with Gasteiger partial charge >= 0.3 is 0 Å². The van der Waals surface area contributed by atoms with Gasteiger partial charge in [0.2, 0.25) is 5.89 Å². The molecule has 0 spiro atoms. The average Bonchev–Trinajstić information content (AvgIpc) is 3.26. The van der Waals surface area contributed by atoms with Crippen molar-refractivity contribution in [1.29, 1.82) is 0 Å². The SMILES string of the molecule is c1ccc(Cn2c(CSc3nc4ccccc4s3)nnc2SCc2noc(C3CC3)n2)cc1. The number of nitrogens with zero attached hydrogens (tertiary/aromatic N) is 6. The molecule has 0 atom stereocenters. The van der Waals surface area contributed by atoms with Gasteiger partial charge in [-0.3, -0.25) is 0 Å². The summed E-state index contributed by atoms with van der Waals surface area (Å²) >= 11 is 5.01. The van der Waals surface area contributed by atoms with Crippen molar-refractivity contribution in [3.05, 3.63) is 77.7 Å². The highest BCUT2D eigenvalue weighted by Crippen LogP contribution is 2.39. The first-order chi connectivity index (χ1) is 16.3. The average molecular weight is 493 g/mol. The van der Waals surface area contributed by atoms with Gasteiger partial charge in [-0.25, -0.2) is 4.98 Å². The summed E-state index contributed by atoms with van der Waals surface area (Å²) in [7, 11) is 0. The molecule has 0 unspecified atom stereocenters. The molecular formula is C23H20N6OS3. The third kappa shape index (κ3) is 4.83. The molecule has 0 radical (unpaired) electrons. The molecule has 6 rings (SSSR count). The largest absolute Gasteiger partial charge is 0.339 e. The number of thiazole rings is 1. The Hall–Kier alpha value is -2.69. The van der Waals surface area contributed by atoms with Crippen molar-refractivity contribution in [1.82, 2.24) is 29.9 Å². The number of aromatic nitrogens is 6. The maximum atomic E-state index is 5.39. The van der Waals surface area contributed by atoms with Gasteiger partial charge in [-0.2, -0.15) is 4.98 Å². The lowest BCUT2D eigenvalue weighted by Gasteiger charge is -2.09. The van der Waals surface area contributed by atoms with Gasteiger partial charge in [0.1, 0.15) is 5.82 Å². The van der Waals surface area contributed by atoms with Crippen molar-refractivity contribution < 1.29 is 4.52 Å². The van der Waals surface area contributed by atoms with Crippen LogP contribution < -0.4 is 0 Å². The topological polar surface area (TPSA) is 82.5 Å². The minimum Gasteiger partial charge on any atom is -0.339 e. The Kier molecular flexibility index (Phi) is 5.87. The molecule has 166 valence electrons. The first-order valence-electron chi connectivity index (χ1n) is 10.7. The summed E-state index contributed by atoms with van der Waals surface area (Å²) in [5.74, 6) is 4.18. The minimum atomic E-state index is 0.462. The van der Waals surface area contributed by atoms with E-state index in [-0.39, 0.29) is 0 Å². The lowest BCUT2D eigenvalue weighted by molar-refractivity contribution is 0.375. The van der Waals surface area contributed by atoms with Crippen LogP contribution in [0.1, 0.15) is 41.9 Å². The Balaban J connectivity index is 1.21. The Morgan fingerprint density at radius 2 is 1.79 bits per heavy atom. The van der Waals surface area contributed by atoms with Crippen molar-refractivity contribution in [2.45, 2.75) is 46.3 Å². The summed E-state index contributed by atoms with van der Waals surface area (Å²) < 4.78 is 9.82. The third-order valence-corrected chi connectivity index (χ3v) is 8.45. The number of rotatable bonds is 9. The Morgan fingerprint density at radius 1 is 0.939 bits per heavy atom. The molecular weight excluding hydrogens is 472 g/mol. The molecule has 1 fully saturated rings. The van der Waals surface area contributed by atoms with Crippen molar-refractivity contribution in [2.75, 3.05) is 0 Å². The molecule has 33 heavy (non-hydrogen) atoms. The number of hydrogen-bond acceptors (Lipinski definition) is 9. The van der Waals surface area contributed by atoms with E-state index in [1.165, 1.54) is 10.3 Å². The maximum Gasteiger partial charge on any atom is 0.229 e. The number of hydrogen-bond donors (Lipinski definition) is 0. The van der Waals surface area contributed by atoms with Crippen LogP contribution in [-0.2, 0) is 18.1 Å². The predicted molar refractivity (Wildman–Crippen MR) is 131 cm³/mol. The van der Waals surface area contributed by atoms with Crippen molar-refractivity contribution in [3.63, 3.8) is 0 Å². The third-order valence-electron chi connectivity index (χ3n) is 5.32. The highest BCUT2D eigenvalue weighted by Gasteiger charge is 2.29. The Labute approximate surface area is 203 Å². The van der Waals surface area contributed by atoms with E-state index in [1.54, 1.807) is 34.9 Å². The van der Waals surface area contributed by atoms with Crippen LogP contribution in [0.25, 0.3) is 10.2 Å². The van der Waals surface area contributed by atoms with Gasteiger partial charge in [-0.15, -0.1) is 21.5 Å². The van der Waals surface area contributed by atoms with Gasteiger partial charge in [0.25, 0.3) is 0 Å². The minimum absolute atomic E-state index is 0.462. The molecule has 5 aromatic rings. The number of thioether (sulfide) groups is 2.